The van der Waals surface area contributed by atoms with Crippen LogP contribution >= 0.6 is 0 Å². The Morgan fingerprint density at radius 3 is 2.24 bits per heavy atom. The zero-order valence-electron chi connectivity index (χ0n) is 15.8. The first-order valence-electron chi connectivity index (χ1n) is 9.27. The molecule has 0 bridgehead atoms. The highest BCUT2D eigenvalue weighted by Gasteiger charge is 2.24. The average Bonchev–Trinajstić information content (AvgIpc) is 3.31. The second kappa shape index (κ2) is 8.99. The minimum atomic E-state index is -0.395. The van der Waals surface area contributed by atoms with Crippen molar-refractivity contribution in [3.05, 3.63) is 35.4 Å². The van der Waals surface area contributed by atoms with E-state index in [1.54, 1.807) is 0 Å². The third-order valence-electron chi connectivity index (χ3n) is 4.30. The Morgan fingerprint density at radius 2 is 1.72 bits per heavy atom. The topological polar surface area (TPSA) is 70.2 Å². The Kier molecular flexibility index (Phi) is 7.00. The van der Waals surface area contributed by atoms with Crippen molar-refractivity contribution in [3.8, 4) is 0 Å². The van der Waals surface area contributed by atoms with Gasteiger partial charge >= 0.3 is 6.03 Å². The Morgan fingerprint density at radius 1 is 1.08 bits per heavy atom. The molecule has 138 valence electrons. The van der Waals surface area contributed by atoms with Gasteiger partial charge in [-0.25, -0.2) is 4.79 Å². The van der Waals surface area contributed by atoms with Gasteiger partial charge in [0, 0.05) is 12.1 Å². The number of nitrogens with one attached hydrogen (secondary N) is 3. The number of benzene rings is 1. The van der Waals surface area contributed by atoms with Gasteiger partial charge in [-0.2, -0.15) is 0 Å². The van der Waals surface area contributed by atoms with Gasteiger partial charge in [0.2, 0.25) is 5.91 Å². The number of carbonyl (C=O) groups is 2. The monoisotopic (exact) mass is 345 g/mol. The van der Waals surface area contributed by atoms with Crippen LogP contribution in [0.4, 0.5) is 4.79 Å². The zero-order valence-corrected chi connectivity index (χ0v) is 15.8. The van der Waals surface area contributed by atoms with E-state index in [0.29, 0.717) is 11.8 Å². The summed E-state index contributed by atoms with van der Waals surface area (Å²) in [4.78, 5) is 23.6. The number of hydrogen-bond acceptors (Lipinski definition) is 3. The van der Waals surface area contributed by atoms with E-state index >= 15 is 0 Å². The number of hydrogen-bond donors (Lipinski definition) is 3. The average molecular weight is 345 g/mol. The van der Waals surface area contributed by atoms with Gasteiger partial charge in [0.15, 0.2) is 0 Å². The second-order valence-electron chi connectivity index (χ2n) is 7.74. The standard InChI is InChI=1S/C20H31N3O2/c1-13(2)11-15-5-7-16(8-6-15)19(14(3)4)21-12-18(24)23-20(25)22-17-9-10-17/h5-8,13-14,17,19,21H,9-12H2,1-4H3,(H2,22,23,24,25)/t19-/m1/s1. The molecule has 1 aromatic carbocycles. The molecule has 0 unspecified atom stereocenters. The molecule has 0 saturated heterocycles. The normalized spacial score (nSPS) is 15.3. The number of imide groups is 1. The molecule has 0 aromatic heterocycles. The molecule has 0 radical (unpaired) electrons. The van der Waals surface area contributed by atoms with Gasteiger partial charge in [-0.15, -0.1) is 0 Å². The highest BCUT2D eigenvalue weighted by Crippen LogP contribution is 2.22. The summed E-state index contributed by atoms with van der Waals surface area (Å²) in [7, 11) is 0. The van der Waals surface area contributed by atoms with Crippen molar-refractivity contribution in [1.82, 2.24) is 16.0 Å². The van der Waals surface area contributed by atoms with Crippen molar-refractivity contribution in [2.75, 3.05) is 6.54 Å². The quantitative estimate of drug-likeness (QED) is 0.678. The van der Waals surface area contributed by atoms with Crippen LogP contribution in [0.2, 0.25) is 0 Å². The fraction of sp³-hybridized carbons (Fsp3) is 0.600. The van der Waals surface area contributed by atoms with Crippen LogP contribution < -0.4 is 16.0 Å². The molecule has 1 aliphatic rings. The van der Waals surface area contributed by atoms with Crippen LogP contribution in [-0.4, -0.2) is 24.5 Å². The van der Waals surface area contributed by atoms with Crippen molar-refractivity contribution in [2.24, 2.45) is 11.8 Å². The molecular formula is C20H31N3O2. The first-order chi connectivity index (χ1) is 11.8. The van der Waals surface area contributed by atoms with E-state index in [4.69, 9.17) is 0 Å². The van der Waals surface area contributed by atoms with Gasteiger partial charge in [0.25, 0.3) is 0 Å². The predicted molar refractivity (Wildman–Crippen MR) is 100 cm³/mol. The van der Waals surface area contributed by atoms with Gasteiger partial charge in [0.1, 0.15) is 0 Å². The lowest BCUT2D eigenvalue weighted by Gasteiger charge is -2.23. The molecule has 1 fully saturated rings. The molecule has 1 aromatic rings. The van der Waals surface area contributed by atoms with Crippen LogP contribution in [0.5, 0.6) is 0 Å². The molecule has 0 spiro atoms. The molecule has 5 nitrogen and oxygen atoms in total. The molecule has 1 aliphatic carbocycles. The van der Waals surface area contributed by atoms with E-state index in [0.717, 1.165) is 24.8 Å². The van der Waals surface area contributed by atoms with Crippen molar-refractivity contribution >= 4 is 11.9 Å². The molecule has 0 heterocycles. The van der Waals surface area contributed by atoms with Gasteiger partial charge in [-0.3, -0.25) is 10.1 Å². The fourth-order valence-corrected chi connectivity index (χ4v) is 2.89. The molecule has 3 N–H and O–H groups in total. The smallest absolute Gasteiger partial charge is 0.321 e. The SMILES string of the molecule is CC(C)Cc1ccc([C@H](NCC(=O)NC(=O)NC2CC2)C(C)C)cc1. The van der Waals surface area contributed by atoms with Crippen molar-refractivity contribution in [1.29, 1.82) is 0 Å². The maximum Gasteiger partial charge on any atom is 0.321 e. The molecule has 3 amide bonds. The molecular weight excluding hydrogens is 314 g/mol. The highest BCUT2D eigenvalue weighted by atomic mass is 16.2. The van der Waals surface area contributed by atoms with Crippen molar-refractivity contribution in [2.45, 2.75) is 59.0 Å². The third-order valence-corrected chi connectivity index (χ3v) is 4.30. The van der Waals surface area contributed by atoms with Crippen LogP contribution in [-0.2, 0) is 11.2 Å². The predicted octanol–water partition coefficient (Wildman–Crippen LogP) is 3.16. The minimum absolute atomic E-state index is 0.0744. The van der Waals surface area contributed by atoms with Crippen molar-refractivity contribution < 1.29 is 9.59 Å². The summed E-state index contributed by atoms with van der Waals surface area (Å²) in [6.07, 6.45) is 3.07. The van der Waals surface area contributed by atoms with E-state index in [2.05, 4.69) is 67.9 Å². The first-order valence-corrected chi connectivity index (χ1v) is 9.27. The molecule has 1 atom stereocenters. The lowest BCUT2D eigenvalue weighted by molar-refractivity contribution is -0.119. The summed E-state index contributed by atoms with van der Waals surface area (Å²) in [5.41, 5.74) is 2.49. The highest BCUT2D eigenvalue weighted by molar-refractivity contribution is 5.95. The van der Waals surface area contributed by atoms with Crippen LogP contribution in [0.1, 0.15) is 57.7 Å². The van der Waals surface area contributed by atoms with Crippen molar-refractivity contribution in [3.63, 3.8) is 0 Å². The lowest BCUT2D eigenvalue weighted by Crippen LogP contribution is -2.45. The zero-order chi connectivity index (χ0) is 18.4. The van der Waals surface area contributed by atoms with Crippen LogP contribution in [0.15, 0.2) is 24.3 Å². The van der Waals surface area contributed by atoms with E-state index in [-0.39, 0.29) is 24.5 Å². The van der Waals surface area contributed by atoms with Gasteiger partial charge in [0.05, 0.1) is 6.54 Å². The Balaban J connectivity index is 1.86. The molecule has 1 saturated carbocycles. The molecule has 2 rings (SSSR count). The fourth-order valence-electron chi connectivity index (χ4n) is 2.89. The third kappa shape index (κ3) is 6.86. The summed E-state index contributed by atoms with van der Waals surface area (Å²) in [5, 5.41) is 8.40. The number of carbonyl (C=O) groups excluding carboxylic acids is 2. The maximum absolute atomic E-state index is 12.0. The number of amides is 3. The Labute approximate surface area is 151 Å². The summed E-state index contributed by atoms with van der Waals surface area (Å²) in [5.74, 6) is 0.666. The van der Waals surface area contributed by atoms with Crippen LogP contribution in [0.25, 0.3) is 0 Å². The summed E-state index contributed by atoms with van der Waals surface area (Å²) in [6, 6.07) is 8.51. The lowest BCUT2D eigenvalue weighted by atomic mass is 9.94. The second-order valence-corrected chi connectivity index (χ2v) is 7.74. The Hall–Kier alpha value is -1.88. The number of rotatable bonds is 8. The van der Waals surface area contributed by atoms with Crippen LogP contribution in [0, 0.1) is 11.8 Å². The minimum Gasteiger partial charge on any atom is -0.335 e. The van der Waals surface area contributed by atoms with Gasteiger partial charge in [-0.05, 0) is 42.2 Å². The van der Waals surface area contributed by atoms with Gasteiger partial charge in [-0.1, -0.05) is 52.0 Å². The largest absolute Gasteiger partial charge is 0.335 e. The maximum atomic E-state index is 12.0. The number of urea groups is 1. The summed E-state index contributed by atoms with van der Waals surface area (Å²) >= 11 is 0. The summed E-state index contributed by atoms with van der Waals surface area (Å²) < 4.78 is 0. The summed E-state index contributed by atoms with van der Waals surface area (Å²) in [6.45, 7) is 8.79. The van der Waals surface area contributed by atoms with E-state index < -0.39 is 6.03 Å². The molecule has 0 aliphatic heterocycles. The van der Waals surface area contributed by atoms with E-state index in [9.17, 15) is 9.59 Å². The van der Waals surface area contributed by atoms with E-state index in [1.165, 1.54) is 5.56 Å². The van der Waals surface area contributed by atoms with E-state index in [1.807, 2.05) is 0 Å². The first kappa shape index (κ1) is 19.4. The molecule has 5 heteroatoms. The van der Waals surface area contributed by atoms with Gasteiger partial charge < -0.3 is 10.6 Å². The molecule has 25 heavy (non-hydrogen) atoms. The van der Waals surface area contributed by atoms with Crippen LogP contribution in [0.3, 0.4) is 0 Å². The Bertz CT molecular complexity index is 577.